The van der Waals surface area contributed by atoms with Gasteiger partial charge in [-0.15, -0.1) is 0 Å². The first-order valence-electron chi connectivity index (χ1n) is 4.95. The molecule has 0 bridgehead atoms. The summed E-state index contributed by atoms with van der Waals surface area (Å²) in [5.74, 6) is -0.502. The summed E-state index contributed by atoms with van der Waals surface area (Å²) in [4.78, 5) is 22.1. The highest BCUT2D eigenvalue weighted by Crippen LogP contribution is 2.59. The third kappa shape index (κ3) is 2.59. The Morgan fingerprint density at radius 3 is 2.47 bits per heavy atom. The summed E-state index contributed by atoms with van der Waals surface area (Å²) >= 11 is 5.44. The second-order valence-corrected chi connectivity index (χ2v) is 4.61. The predicted octanol–water partition coefficient (Wildman–Crippen LogP) is 2.14. The summed E-state index contributed by atoms with van der Waals surface area (Å²) in [6, 6.07) is 0. The molecule has 4 heteroatoms. The van der Waals surface area contributed by atoms with Gasteiger partial charge in [-0.2, -0.15) is 0 Å². The van der Waals surface area contributed by atoms with Gasteiger partial charge in [0.05, 0.1) is 6.61 Å². The third-order valence-corrected chi connectivity index (χ3v) is 3.12. The van der Waals surface area contributed by atoms with E-state index in [9.17, 15) is 9.59 Å². The molecule has 0 N–H and O–H groups in total. The molecule has 1 rings (SSSR count). The van der Waals surface area contributed by atoms with Crippen LogP contribution in [-0.4, -0.2) is 17.8 Å². The Kier molecular flexibility index (Phi) is 3.55. The van der Waals surface area contributed by atoms with Crippen LogP contribution in [0.1, 0.15) is 20.8 Å². The molecule has 0 heterocycles. The highest BCUT2D eigenvalue weighted by Gasteiger charge is 2.59. The SMILES string of the molecule is CCOC(=O)/C=C\[C@H]1[C@@H](C(=O)Cl)C1(C)C. The monoisotopic (exact) mass is 230 g/mol. The molecule has 0 saturated heterocycles. The largest absolute Gasteiger partial charge is 0.463 e. The van der Waals surface area contributed by atoms with Crippen molar-refractivity contribution in [1.82, 2.24) is 0 Å². The first-order valence-corrected chi connectivity index (χ1v) is 5.33. The van der Waals surface area contributed by atoms with Crippen LogP contribution in [0.25, 0.3) is 0 Å². The normalized spacial score (nSPS) is 27.7. The van der Waals surface area contributed by atoms with Crippen molar-refractivity contribution in [2.45, 2.75) is 20.8 Å². The Morgan fingerprint density at radius 1 is 1.47 bits per heavy atom. The zero-order valence-electron chi connectivity index (χ0n) is 9.12. The molecule has 1 aliphatic rings. The van der Waals surface area contributed by atoms with Crippen LogP contribution in [0.3, 0.4) is 0 Å². The van der Waals surface area contributed by atoms with E-state index in [0.29, 0.717) is 6.61 Å². The minimum atomic E-state index is -0.374. The van der Waals surface area contributed by atoms with Crippen molar-refractivity contribution in [3.63, 3.8) is 0 Å². The van der Waals surface area contributed by atoms with Crippen molar-refractivity contribution >= 4 is 22.8 Å². The second-order valence-electron chi connectivity index (χ2n) is 4.24. The Hall–Kier alpha value is -0.830. The molecule has 0 aromatic rings. The van der Waals surface area contributed by atoms with E-state index in [0.717, 1.165) is 0 Å². The van der Waals surface area contributed by atoms with Crippen molar-refractivity contribution in [3.05, 3.63) is 12.2 Å². The average molecular weight is 231 g/mol. The molecule has 1 aliphatic carbocycles. The number of hydrogen-bond acceptors (Lipinski definition) is 3. The molecule has 2 atom stereocenters. The molecule has 0 aromatic heterocycles. The molecule has 0 aromatic carbocycles. The number of halogens is 1. The van der Waals surface area contributed by atoms with Crippen LogP contribution in [0.4, 0.5) is 0 Å². The van der Waals surface area contributed by atoms with Gasteiger partial charge in [0.25, 0.3) is 0 Å². The Morgan fingerprint density at radius 2 is 2.07 bits per heavy atom. The van der Waals surface area contributed by atoms with E-state index >= 15 is 0 Å². The van der Waals surface area contributed by atoms with Crippen molar-refractivity contribution in [2.75, 3.05) is 6.61 Å². The summed E-state index contributed by atoms with van der Waals surface area (Å²) in [6.07, 6.45) is 3.08. The summed E-state index contributed by atoms with van der Waals surface area (Å²) in [5, 5.41) is -0.335. The lowest BCUT2D eigenvalue weighted by atomic mass is 10.1. The number of carbonyl (C=O) groups is 2. The first-order chi connectivity index (χ1) is 6.91. The van der Waals surface area contributed by atoms with Gasteiger partial charge in [-0.05, 0) is 29.9 Å². The fourth-order valence-corrected chi connectivity index (χ4v) is 2.26. The molecular formula is C11H15ClO3. The number of rotatable bonds is 4. The van der Waals surface area contributed by atoms with E-state index < -0.39 is 0 Å². The fraction of sp³-hybridized carbons (Fsp3) is 0.636. The maximum absolute atomic E-state index is 11.0. The minimum Gasteiger partial charge on any atom is -0.463 e. The molecule has 1 fully saturated rings. The van der Waals surface area contributed by atoms with Gasteiger partial charge in [0.2, 0.25) is 5.24 Å². The van der Waals surface area contributed by atoms with Gasteiger partial charge in [-0.3, -0.25) is 4.79 Å². The van der Waals surface area contributed by atoms with Crippen molar-refractivity contribution in [2.24, 2.45) is 17.3 Å². The Balaban J connectivity index is 2.55. The smallest absolute Gasteiger partial charge is 0.330 e. The number of hydrogen-bond donors (Lipinski definition) is 0. The van der Waals surface area contributed by atoms with Crippen LogP contribution in [0.5, 0.6) is 0 Å². The maximum Gasteiger partial charge on any atom is 0.330 e. The molecule has 0 amide bonds. The predicted molar refractivity (Wildman–Crippen MR) is 57.4 cm³/mol. The molecule has 0 unspecified atom stereocenters. The molecule has 0 aliphatic heterocycles. The van der Waals surface area contributed by atoms with E-state index in [4.69, 9.17) is 16.3 Å². The van der Waals surface area contributed by atoms with Crippen molar-refractivity contribution < 1.29 is 14.3 Å². The maximum atomic E-state index is 11.0. The Bertz CT molecular complexity index is 307. The highest BCUT2D eigenvalue weighted by atomic mass is 35.5. The lowest BCUT2D eigenvalue weighted by Gasteiger charge is -1.97. The topological polar surface area (TPSA) is 43.4 Å². The molecule has 0 spiro atoms. The van der Waals surface area contributed by atoms with Crippen LogP contribution in [-0.2, 0) is 14.3 Å². The molecule has 3 nitrogen and oxygen atoms in total. The van der Waals surface area contributed by atoms with Crippen LogP contribution in [0, 0.1) is 17.3 Å². The van der Waals surface area contributed by atoms with Crippen LogP contribution in [0.15, 0.2) is 12.2 Å². The summed E-state index contributed by atoms with van der Waals surface area (Å²) in [5.41, 5.74) is -0.137. The molecule has 15 heavy (non-hydrogen) atoms. The van der Waals surface area contributed by atoms with Crippen LogP contribution < -0.4 is 0 Å². The van der Waals surface area contributed by atoms with Gasteiger partial charge >= 0.3 is 5.97 Å². The van der Waals surface area contributed by atoms with Crippen molar-refractivity contribution in [3.8, 4) is 0 Å². The minimum absolute atomic E-state index is 0.0481. The van der Waals surface area contributed by atoms with Gasteiger partial charge in [0, 0.05) is 12.0 Å². The van der Waals surface area contributed by atoms with Crippen molar-refractivity contribution in [1.29, 1.82) is 0 Å². The highest BCUT2D eigenvalue weighted by molar-refractivity contribution is 6.64. The standard InChI is InChI=1S/C11H15ClO3/c1-4-15-8(13)6-5-7-9(10(12)14)11(7,2)3/h5-7,9H,4H2,1-3H3/b6-5-/t7-,9-/m0/s1. The number of esters is 1. The van der Waals surface area contributed by atoms with Gasteiger partial charge < -0.3 is 4.74 Å². The fourth-order valence-electron chi connectivity index (χ4n) is 1.84. The quantitative estimate of drug-likeness (QED) is 0.422. The van der Waals surface area contributed by atoms with Gasteiger partial charge in [-0.25, -0.2) is 4.79 Å². The van der Waals surface area contributed by atoms with E-state index in [1.165, 1.54) is 6.08 Å². The molecule has 0 radical (unpaired) electrons. The van der Waals surface area contributed by atoms with Crippen LogP contribution in [0.2, 0.25) is 0 Å². The second kappa shape index (κ2) is 4.35. The zero-order valence-corrected chi connectivity index (χ0v) is 9.88. The average Bonchev–Trinajstić information content (AvgIpc) is 2.65. The number of allylic oxidation sites excluding steroid dienone is 1. The van der Waals surface area contributed by atoms with Gasteiger partial charge in [0.15, 0.2) is 0 Å². The van der Waals surface area contributed by atoms with E-state index in [1.807, 2.05) is 13.8 Å². The number of carbonyl (C=O) groups excluding carboxylic acids is 2. The van der Waals surface area contributed by atoms with Crippen LogP contribution >= 0.6 is 11.6 Å². The van der Waals surface area contributed by atoms with E-state index in [2.05, 4.69) is 0 Å². The lowest BCUT2D eigenvalue weighted by molar-refractivity contribution is -0.137. The molecule has 84 valence electrons. The Labute approximate surface area is 94.4 Å². The number of ether oxygens (including phenoxy) is 1. The lowest BCUT2D eigenvalue weighted by Crippen LogP contribution is -1.99. The molecule has 1 saturated carbocycles. The summed E-state index contributed by atoms with van der Waals surface area (Å²) in [7, 11) is 0. The van der Waals surface area contributed by atoms with Gasteiger partial charge in [-0.1, -0.05) is 19.9 Å². The van der Waals surface area contributed by atoms with E-state index in [1.54, 1.807) is 13.0 Å². The third-order valence-electron chi connectivity index (χ3n) is 2.88. The summed E-state index contributed by atoms with van der Waals surface area (Å²) in [6.45, 7) is 6.02. The molecular weight excluding hydrogens is 216 g/mol. The zero-order chi connectivity index (χ0) is 11.6. The van der Waals surface area contributed by atoms with E-state index in [-0.39, 0.29) is 28.5 Å². The summed E-state index contributed by atoms with van der Waals surface area (Å²) < 4.78 is 4.74. The van der Waals surface area contributed by atoms with Gasteiger partial charge in [0.1, 0.15) is 0 Å². The first kappa shape index (κ1) is 12.2.